The zero-order chi connectivity index (χ0) is 24.5. The molecule has 0 aliphatic rings. The summed E-state index contributed by atoms with van der Waals surface area (Å²) >= 11 is 0. The van der Waals surface area contributed by atoms with Gasteiger partial charge in [0.05, 0.1) is 16.1 Å². The molecule has 170 valence electrons. The molecule has 4 aromatic rings. The van der Waals surface area contributed by atoms with E-state index < -0.39 is 15.8 Å². The van der Waals surface area contributed by atoms with Gasteiger partial charge in [-0.1, -0.05) is 29.8 Å². The molecule has 0 bridgehead atoms. The van der Waals surface area contributed by atoms with Crippen LogP contribution in [0.1, 0.15) is 16.1 Å². The predicted octanol–water partition coefficient (Wildman–Crippen LogP) is 3.80. The molecule has 8 nitrogen and oxygen atoms in total. The summed E-state index contributed by atoms with van der Waals surface area (Å²) in [6.45, 7) is 1.86. The summed E-state index contributed by atoms with van der Waals surface area (Å²) in [6.07, 6.45) is 2.91. The summed E-state index contributed by atoms with van der Waals surface area (Å²) in [7, 11) is -0.820. The lowest BCUT2D eigenvalue weighted by Crippen LogP contribution is -2.20. The summed E-state index contributed by atoms with van der Waals surface area (Å²) in [5.74, 6) is -0.691. The second kappa shape index (κ2) is 8.92. The van der Waals surface area contributed by atoms with Crippen LogP contribution < -0.4 is 0 Å². The van der Waals surface area contributed by atoms with Gasteiger partial charge in [-0.3, -0.25) is 4.79 Å². The maximum Gasteiger partial charge on any atom is 0.268 e. The molecule has 0 radical (unpaired) electrons. The molecule has 0 aliphatic carbocycles. The second-order valence-electron chi connectivity index (χ2n) is 7.94. The number of nitrogens with zero attached hydrogens (tertiary/aromatic N) is 5. The van der Waals surface area contributed by atoms with Gasteiger partial charge in [-0.2, -0.15) is 15.5 Å². The highest BCUT2D eigenvalue weighted by atomic mass is 32.2. The molecule has 2 aromatic carbocycles. The van der Waals surface area contributed by atoms with Crippen LogP contribution in [-0.4, -0.2) is 47.4 Å². The third-order valence-corrected chi connectivity index (χ3v) is 6.91. The van der Waals surface area contributed by atoms with Gasteiger partial charge in [-0.25, -0.2) is 12.4 Å². The number of rotatable bonds is 6. The van der Waals surface area contributed by atoms with Crippen LogP contribution in [0.3, 0.4) is 0 Å². The van der Waals surface area contributed by atoms with Crippen molar-refractivity contribution in [3.05, 3.63) is 89.9 Å². The monoisotopic (exact) mass is 471 g/mol. The van der Waals surface area contributed by atoms with Crippen LogP contribution in [0.25, 0.3) is 22.2 Å². The molecule has 0 saturated heterocycles. The highest BCUT2D eigenvalue weighted by Crippen LogP contribution is 2.30. The van der Waals surface area contributed by atoms with E-state index in [1.54, 1.807) is 67.7 Å². The molecule has 34 heavy (non-hydrogen) atoms. The number of Topliss-reactive ketones (excluding diaryl/α,β-unsaturated/α-hetero) is 1. The quantitative estimate of drug-likeness (QED) is 0.239. The number of hydrogen-bond donors (Lipinski definition) is 0. The number of allylic oxidation sites excluding steroid dienone is 1. The number of nitriles is 1. The molecule has 0 atom stereocenters. The van der Waals surface area contributed by atoms with Crippen LogP contribution in [0.2, 0.25) is 0 Å². The minimum atomic E-state index is -4.17. The van der Waals surface area contributed by atoms with Gasteiger partial charge in [-0.05, 0) is 43.3 Å². The van der Waals surface area contributed by atoms with E-state index in [0.717, 1.165) is 9.54 Å². The van der Waals surface area contributed by atoms with Gasteiger partial charge in [0.1, 0.15) is 17.3 Å². The summed E-state index contributed by atoms with van der Waals surface area (Å²) in [6, 6.07) is 18.4. The number of carbonyl (C=O) groups is 1. The first-order valence-electron chi connectivity index (χ1n) is 10.3. The summed E-state index contributed by atoms with van der Waals surface area (Å²) in [5.41, 5.74) is 2.10. The average molecular weight is 472 g/mol. The minimum absolute atomic E-state index is 0.0321. The fourth-order valence-electron chi connectivity index (χ4n) is 3.56. The average Bonchev–Trinajstić information content (AvgIpc) is 3.22. The minimum Gasteiger partial charge on any atom is -0.382 e. The topological polar surface area (TPSA) is 109 Å². The third-order valence-electron chi connectivity index (χ3n) is 5.17. The molecule has 0 amide bonds. The van der Waals surface area contributed by atoms with E-state index in [-0.39, 0.29) is 16.2 Å². The highest BCUT2D eigenvalue weighted by molar-refractivity contribution is 7.90. The fourth-order valence-corrected chi connectivity index (χ4v) is 5.06. The standard InChI is InChI=1S/C25H21N5O3S/c1-17-6-10-21(11-7-17)34(32,33)30-23-13-18(22-5-4-12-27-28-22)8-9-19(23)14-24(30)25(31)20(15-26)16-29(2)3/h4-14,16H,1-3H3. The summed E-state index contributed by atoms with van der Waals surface area (Å²) < 4.78 is 28.6. The van der Waals surface area contributed by atoms with E-state index in [0.29, 0.717) is 22.2 Å². The smallest absolute Gasteiger partial charge is 0.268 e. The van der Waals surface area contributed by atoms with Crippen molar-refractivity contribution in [1.82, 2.24) is 19.1 Å². The van der Waals surface area contributed by atoms with Crippen LogP contribution >= 0.6 is 0 Å². The first kappa shape index (κ1) is 22.9. The summed E-state index contributed by atoms with van der Waals surface area (Å²) in [5, 5.41) is 18.1. The number of ketones is 1. The Hall–Kier alpha value is -4.29. The lowest BCUT2D eigenvalue weighted by molar-refractivity contribution is 0.103. The first-order valence-corrected chi connectivity index (χ1v) is 11.8. The maximum absolute atomic E-state index is 13.8. The largest absolute Gasteiger partial charge is 0.382 e. The van der Waals surface area contributed by atoms with Gasteiger partial charge in [0.2, 0.25) is 5.78 Å². The van der Waals surface area contributed by atoms with Gasteiger partial charge < -0.3 is 4.90 Å². The number of benzene rings is 2. The molecular weight excluding hydrogens is 450 g/mol. The lowest BCUT2D eigenvalue weighted by atomic mass is 10.1. The van der Waals surface area contributed by atoms with Crippen LogP contribution in [0.15, 0.2) is 83.5 Å². The van der Waals surface area contributed by atoms with E-state index in [9.17, 15) is 18.5 Å². The number of carbonyl (C=O) groups excluding carboxylic acids is 1. The van der Waals surface area contributed by atoms with Crippen molar-refractivity contribution in [2.75, 3.05) is 14.1 Å². The number of aromatic nitrogens is 3. The molecule has 0 spiro atoms. The first-order chi connectivity index (χ1) is 16.2. The van der Waals surface area contributed by atoms with E-state index in [4.69, 9.17) is 0 Å². The number of aryl methyl sites for hydroxylation is 1. The van der Waals surface area contributed by atoms with Gasteiger partial charge >= 0.3 is 0 Å². The predicted molar refractivity (Wildman–Crippen MR) is 128 cm³/mol. The molecule has 9 heteroatoms. The Bertz CT molecular complexity index is 1560. The molecule has 0 N–H and O–H groups in total. The van der Waals surface area contributed by atoms with E-state index in [1.165, 1.54) is 24.4 Å². The van der Waals surface area contributed by atoms with Crippen molar-refractivity contribution < 1.29 is 13.2 Å². The molecule has 2 heterocycles. The van der Waals surface area contributed by atoms with E-state index in [1.807, 2.05) is 13.0 Å². The zero-order valence-corrected chi connectivity index (χ0v) is 19.6. The van der Waals surface area contributed by atoms with E-state index >= 15 is 0 Å². The Labute approximate surface area is 197 Å². The van der Waals surface area contributed by atoms with Gasteiger partial charge in [0.15, 0.2) is 0 Å². The van der Waals surface area contributed by atoms with Crippen LogP contribution in [-0.2, 0) is 10.0 Å². The Morgan fingerprint density at radius 3 is 2.44 bits per heavy atom. The van der Waals surface area contributed by atoms with E-state index in [2.05, 4.69) is 10.2 Å². The number of hydrogen-bond acceptors (Lipinski definition) is 7. The van der Waals surface area contributed by atoms with Gasteiger partial charge in [0, 0.05) is 37.4 Å². The highest BCUT2D eigenvalue weighted by Gasteiger charge is 2.28. The Morgan fingerprint density at radius 1 is 1.09 bits per heavy atom. The van der Waals surface area contributed by atoms with Crippen molar-refractivity contribution in [3.8, 4) is 17.3 Å². The molecule has 2 aromatic heterocycles. The molecule has 0 saturated carbocycles. The maximum atomic E-state index is 13.8. The normalized spacial score (nSPS) is 11.9. The molecule has 0 fully saturated rings. The SMILES string of the molecule is Cc1ccc(S(=O)(=O)n2c(C(=O)C(C#N)=CN(C)C)cc3ccc(-c4cccnn4)cc32)cc1. The van der Waals surface area contributed by atoms with Crippen molar-refractivity contribution in [1.29, 1.82) is 5.26 Å². The third kappa shape index (κ3) is 4.19. The number of fused-ring (bicyclic) bond motifs is 1. The Balaban J connectivity index is 2.03. The Morgan fingerprint density at radius 2 is 1.82 bits per heavy atom. The van der Waals surface area contributed by atoms with Crippen molar-refractivity contribution in [3.63, 3.8) is 0 Å². The Kier molecular flexibility index (Phi) is 6.01. The van der Waals surface area contributed by atoms with Gasteiger partial charge in [0.25, 0.3) is 10.0 Å². The van der Waals surface area contributed by atoms with Crippen molar-refractivity contribution >= 4 is 26.7 Å². The van der Waals surface area contributed by atoms with Crippen LogP contribution in [0, 0.1) is 18.3 Å². The van der Waals surface area contributed by atoms with Crippen molar-refractivity contribution in [2.45, 2.75) is 11.8 Å². The zero-order valence-electron chi connectivity index (χ0n) is 18.8. The molecule has 4 rings (SSSR count). The van der Waals surface area contributed by atoms with Crippen molar-refractivity contribution in [2.24, 2.45) is 0 Å². The van der Waals surface area contributed by atoms with Gasteiger partial charge in [-0.15, -0.1) is 0 Å². The molecular formula is C25H21N5O3S. The molecule has 0 aliphatic heterocycles. The summed E-state index contributed by atoms with van der Waals surface area (Å²) in [4.78, 5) is 15.0. The van der Waals surface area contributed by atoms with Crippen LogP contribution in [0.5, 0.6) is 0 Å². The lowest BCUT2D eigenvalue weighted by Gasteiger charge is -2.13. The second-order valence-corrected chi connectivity index (χ2v) is 9.73. The molecule has 0 unspecified atom stereocenters. The fraction of sp³-hybridized carbons (Fsp3) is 0.120. The van der Waals surface area contributed by atoms with Crippen LogP contribution in [0.4, 0.5) is 0 Å².